The largest absolute Gasteiger partial charge is 1.00 e. The fraction of sp³-hybridized carbons (Fsp3) is 0.436. The van der Waals surface area contributed by atoms with Crippen LogP contribution in [-0.2, 0) is 23.7 Å². The predicted molar refractivity (Wildman–Crippen MR) is 194 cm³/mol. The summed E-state index contributed by atoms with van der Waals surface area (Å²) < 4.78 is 28.4. The summed E-state index contributed by atoms with van der Waals surface area (Å²) in [7, 11) is 1.23. The Hall–Kier alpha value is -4.26. The molecule has 20 nitrogen and oxygen atoms in total. The van der Waals surface area contributed by atoms with E-state index in [1.807, 2.05) is 0 Å². The normalized spacial score (nSPS) is 29.9. The summed E-state index contributed by atoms with van der Waals surface area (Å²) in [6, 6.07) is 1.89. The molecule has 2 aliphatic heterocycles. The molecule has 0 bridgehead atoms. The Morgan fingerprint density at radius 2 is 1.52 bits per heavy atom. The zero-order chi connectivity index (χ0) is 43.1. The minimum absolute atomic E-state index is 0. The fourth-order valence-corrected chi connectivity index (χ4v) is 7.91. The molecule has 0 saturated carbocycles. The molecule has 3 aromatic carbocycles. The van der Waals surface area contributed by atoms with Crippen LogP contribution in [0, 0.1) is 6.92 Å². The fourth-order valence-electron chi connectivity index (χ4n) is 7.91. The number of hydrogen-bond acceptors (Lipinski definition) is 18. The van der Waals surface area contributed by atoms with Gasteiger partial charge >= 0.3 is 35.5 Å². The van der Waals surface area contributed by atoms with E-state index in [9.17, 15) is 65.1 Å². The number of ether oxygens (including phenoxy) is 5. The molecule has 0 radical (unpaired) electrons. The number of rotatable bonds is 8. The van der Waals surface area contributed by atoms with Gasteiger partial charge in [-0.3, -0.25) is 19.2 Å². The summed E-state index contributed by atoms with van der Waals surface area (Å²) in [6.45, 7) is 3.60. The number of phenolic OH excluding ortho intramolecular Hbond substituents is 2. The first-order valence-electron chi connectivity index (χ1n) is 18.3. The van der Waals surface area contributed by atoms with Gasteiger partial charge < -0.3 is 80.7 Å². The van der Waals surface area contributed by atoms with Crippen LogP contribution in [0.5, 0.6) is 23.0 Å². The predicted octanol–water partition coefficient (Wildman–Crippen LogP) is -4.50. The van der Waals surface area contributed by atoms with Crippen molar-refractivity contribution in [3.05, 3.63) is 68.8 Å². The summed E-state index contributed by atoms with van der Waals surface area (Å²) in [5, 5.41) is 103. The van der Waals surface area contributed by atoms with E-state index in [2.05, 4.69) is 5.32 Å². The SMILES string of the molecule is COc1cc([O-])c2c(c1)C(=O)c1c(cc3c(c1O)-c1c(cc(C)c(C(=O)N[C@H](C)C(=O)O)c1O)[C@H](O[C@@H]1O[C@H](C)[C@H](N)[C@H](O[C@@H]4OC[C@@H](O)[C@H](O)[C@H]4O)[C@H]1O)[C@H]3O)C2=O.[Na+]. The van der Waals surface area contributed by atoms with Crippen molar-refractivity contribution in [1.29, 1.82) is 0 Å². The van der Waals surface area contributed by atoms with Gasteiger partial charge in [-0.15, -0.1) is 0 Å². The van der Waals surface area contributed by atoms with Gasteiger partial charge in [-0.05, 0) is 55.7 Å². The van der Waals surface area contributed by atoms with Crippen LogP contribution in [0.1, 0.15) is 84.9 Å². The van der Waals surface area contributed by atoms with Gasteiger partial charge in [-0.25, -0.2) is 0 Å². The number of hydrogen-bond donors (Lipinski definition) is 10. The number of benzene rings is 3. The number of aliphatic carboxylic acids is 1. The number of carboxylic acids is 1. The Morgan fingerprint density at radius 3 is 2.17 bits per heavy atom. The number of aryl methyl sites for hydroxylation is 1. The zero-order valence-corrected chi connectivity index (χ0v) is 34.7. The van der Waals surface area contributed by atoms with Crippen LogP contribution in [0.3, 0.4) is 0 Å². The number of carbonyl (C=O) groups is 4. The van der Waals surface area contributed by atoms with Crippen LogP contribution in [0.25, 0.3) is 11.1 Å². The zero-order valence-electron chi connectivity index (χ0n) is 32.7. The number of carbonyl (C=O) groups excluding carboxylic acids is 3. The molecule has 21 heteroatoms. The van der Waals surface area contributed by atoms with Crippen LogP contribution in [-0.4, -0.2) is 139 Å². The number of nitrogens with one attached hydrogen (secondary N) is 1. The van der Waals surface area contributed by atoms with Crippen molar-refractivity contribution < 1.29 is 118 Å². The minimum atomic E-state index is -1.92. The van der Waals surface area contributed by atoms with Crippen LogP contribution >= 0.6 is 0 Å². The Labute approximate surface area is 362 Å². The number of aromatic hydroxyl groups is 2. The Bertz CT molecular complexity index is 2270. The maximum absolute atomic E-state index is 14.0. The van der Waals surface area contributed by atoms with Gasteiger partial charge in [0.25, 0.3) is 5.91 Å². The summed E-state index contributed by atoms with van der Waals surface area (Å²) >= 11 is 0. The molecule has 60 heavy (non-hydrogen) atoms. The Morgan fingerprint density at radius 1 is 0.883 bits per heavy atom. The van der Waals surface area contributed by atoms with Gasteiger partial charge in [0.15, 0.2) is 24.1 Å². The first kappa shape index (κ1) is 45.3. The molecule has 12 atom stereocenters. The first-order valence-corrected chi connectivity index (χ1v) is 18.3. The number of aliphatic hydroxyl groups excluding tert-OH is 5. The van der Waals surface area contributed by atoms with E-state index >= 15 is 0 Å². The number of phenols is 2. The van der Waals surface area contributed by atoms with E-state index in [-0.39, 0.29) is 57.6 Å². The first-order chi connectivity index (χ1) is 27.8. The van der Waals surface area contributed by atoms with Crippen molar-refractivity contribution in [2.24, 2.45) is 5.73 Å². The monoisotopic (exact) mass is 848 g/mol. The topological polar surface area (TPSA) is 337 Å². The second-order valence-corrected chi connectivity index (χ2v) is 14.9. The molecule has 0 aromatic heterocycles. The maximum atomic E-state index is 14.0. The van der Waals surface area contributed by atoms with E-state index in [4.69, 9.17) is 29.4 Å². The summed E-state index contributed by atoms with van der Waals surface area (Å²) in [6.07, 6.45) is -16.1. The van der Waals surface area contributed by atoms with E-state index < -0.39 is 154 Å². The van der Waals surface area contributed by atoms with Crippen molar-refractivity contribution in [3.63, 3.8) is 0 Å². The Kier molecular flexibility index (Phi) is 12.7. The van der Waals surface area contributed by atoms with E-state index in [0.717, 1.165) is 18.2 Å². The molecule has 3 aromatic rings. The minimum Gasteiger partial charge on any atom is -0.872 e. The van der Waals surface area contributed by atoms with Gasteiger partial charge in [-0.2, -0.15) is 0 Å². The molecule has 11 N–H and O–H groups in total. The molecule has 0 spiro atoms. The molecule has 2 saturated heterocycles. The van der Waals surface area contributed by atoms with Crippen LogP contribution in [0.2, 0.25) is 0 Å². The van der Waals surface area contributed by atoms with Crippen molar-refractivity contribution in [2.75, 3.05) is 13.7 Å². The molecule has 2 heterocycles. The molecule has 4 aliphatic rings. The van der Waals surface area contributed by atoms with Crippen LogP contribution in [0.4, 0.5) is 0 Å². The maximum Gasteiger partial charge on any atom is 1.00 e. The number of methoxy groups -OCH3 is 1. The third-order valence-corrected chi connectivity index (χ3v) is 11.1. The molecule has 2 fully saturated rings. The third-order valence-electron chi connectivity index (χ3n) is 11.1. The van der Waals surface area contributed by atoms with Gasteiger partial charge in [0, 0.05) is 27.8 Å². The summed E-state index contributed by atoms with van der Waals surface area (Å²) in [5.41, 5.74) is 2.53. The number of nitrogens with two attached hydrogens (primary N) is 1. The molecule has 2 aliphatic carbocycles. The number of carboxylic acid groups (broad SMARTS) is 1. The second kappa shape index (κ2) is 16.9. The van der Waals surface area contributed by atoms with Gasteiger partial charge in [0.2, 0.25) is 0 Å². The quantitative estimate of drug-likeness (QED) is 0.0747. The Balaban J connectivity index is 0.00000604. The average Bonchev–Trinajstić information content (AvgIpc) is 3.18. The van der Waals surface area contributed by atoms with Crippen molar-refractivity contribution in [3.8, 4) is 34.1 Å². The third kappa shape index (κ3) is 7.34. The molecular weight excluding hydrogens is 807 g/mol. The number of aliphatic hydroxyl groups is 5. The number of amides is 1. The van der Waals surface area contributed by atoms with E-state index in [1.165, 1.54) is 33.9 Å². The molecule has 316 valence electrons. The van der Waals surface area contributed by atoms with Crippen molar-refractivity contribution in [2.45, 2.75) is 94.3 Å². The molecular formula is C39H41N2NaO18. The summed E-state index contributed by atoms with van der Waals surface area (Å²) in [5.74, 6) is -7.15. The van der Waals surface area contributed by atoms with Crippen LogP contribution < -0.4 is 50.5 Å². The number of fused-ring (bicyclic) bond motifs is 5. The molecule has 7 rings (SSSR count). The smallest absolute Gasteiger partial charge is 0.872 e. The van der Waals surface area contributed by atoms with E-state index in [1.54, 1.807) is 0 Å². The van der Waals surface area contributed by atoms with E-state index in [0.29, 0.717) is 0 Å². The molecule has 0 unspecified atom stereocenters. The van der Waals surface area contributed by atoms with Gasteiger partial charge in [0.05, 0.1) is 37.0 Å². The standard InChI is InChI=1S/C39H42N2O18.Na/c1-10-5-17-23(30(48)20(10)36(52)41-11(2)37(53)54)22-15(8-16-24(31(22)49)27(45)14-6-13(55-4)7-18(42)21(14)26(16)44)28(46)34(17)58-39-33(51)35(25(40)12(3)57-39)59-38-32(50)29(47)19(43)9-56-38;/h5-8,11-12,19,25,28-29,32-35,38-39,42-43,46-51H,9,40H2,1-4H3,(H,41,52)(H,53,54);/q;+1/p-1/t11-,12-,19-,25+,28+,29+,32-,33-,34+,35+,38+,39+;/m1./s1. The second-order valence-electron chi connectivity index (χ2n) is 14.9. The number of ketones is 2. The summed E-state index contributed by atoms with van der Waals surface area (Å²) in [4.78, 5) is 53.1. The van der Waals surface area contributed by atoms with Gasteiger partial charge in [-0.1, -0.05) is 11.8 Å². The van der Waals surface area contributed by atoms with Crippen molar-refractivity contribution in [1.82, 2.24) is 5.32 Å². The molecule has 1 amide bonds. The van der Waals surface area contributed by atoms with Gasteiger partial charge in [0.1, 0.15) is 66.0 Å². The van der Waals surface area contributed by atoms with Crippen molar-refractivity contribution >= 4 is 23.4 Å². The van der Waals surface area contributed by atoms with Crippen LogP contribution in [0.15, 0.2) is 24.3 Å². The average molecular weight is 849 g/mol.